The van der Waals surface area contributed by atoms with Crippen molar-refractivity contribution in [2.75, 3.05) is 36.2 Å². The number of hydrogen-bond acceptors (Lipinski definition) is 7. The molecule has 9 nitrogen and oxygen atoms in total. The summed E-state index contributed by atoms with van der Waals surface area (Å²) in [6, 6.07) is 8.93. The summed E-state index contributed by atoms with van der Waals surface area (Å²) in [4.78, 5) is 23.6. The van der Waals surface area contributed by atoms with E-state index in [1.807, 2.05) is 32.0 Å². The van der Waals surface area contributed by atoms with Crippen molar-refractivity contribution < 1.29 is 17.9 Å². The van der Waals surface area contributed by atoms with E-state index in [1.54, 1.807) is 12.1 Å². The molecule has 1 aliphatic carbocycles. The molecule has 1 saturated carbocycles. The molecule has 4 rings (SSSR count). The van der Waals surface area contributed by atoms with E-state index >= 15 is 0 Å². The van der Waals surface area contributed by atoms with Gasteiger partial charge in [-0.1, -0.05) is 0 Å². The second-order valence-corrected chi connectivity index (χ2v) is 11.5. The lowest BCUT2D eigenvalue weighted by Gasteiger charge is -2.34. The average molecular weight is 474 g/mol. The molecule has 0 unspecified atom stereocenters. The fourth-order valence-corrected chi connectivity index (χ4v) is 5.40. The second-order valence-electron chi connectivity index (χ2n) is 9.15. The summed E-state index contributed by atoms with van der Waals surface area (Å²) >= 11 is 0. The Kier molecular flexibility index (Phi) is 6.32. The van der Waals surface area contributed by atoms with Crippen LogP contribution in [0, 0.1) is 0 Å². The van der Waals surface area contributed by atoms with Gasteiger partial charge in [0.2, 0.25) is 0 Å². The Morgan fingerprint density at radius 1 is 1.21 bits per heavy atom. The Morgan fingerprint density at radius 3 is 2.48 bits per heavy atom. The molecule has 0 spiro atoms. The van der Waals surface area contributed by atoms with Gasteiger partial charge in [0.25, 0.3) is 0 Å². The van der Waals surface area contributed by atoms with Crippen LogP contribution in [-0.2, 0) is 19.3 Å². The third-order valence-corrected chi connectivity index (χ3v) is 8.11. The summed E-state index contributed by atoms with van der Waals surface area (Å²) in [5.41, 5.74) is 1.94. The Morgan fingerprint density at radius 2 is 1.91 bits per heavy atom. The molecule has 2 N–H and O–H groups in total. The van der Waals surface area contributed by atoms with Crippen molar-refractivity contribution in [1.82, 2.24) is 15.3 Å². The van der Waals surface area contributed by atoms with Crippen LogP contribution in [-0.4, -0.2) is 62.5 Å². The predicted octanol–water partition coefficient (Wildman–Crippen LogP) is 2.93. The normalized spacial score (nSPS) is 19.9. The van der Waals surface area contributed by atoms with Crippen molar-refractivity contribution in [3.8, 4) is 11.4 Å². The Labute approximate surface area is 194 Å². The van der Waals surface area contributed by atoms with Crippen LogP contribution in [0.3, 0.4) is 0 Å². The van der Waals surface area contributed by atoms with Gasteiger partial charge in [0.15, 0.2) is 15.7 Å². The van der Waals surface area contributed by atoms with E-state index in [1.165, 1.54) is 6.26 Å². The van der Waals surface area contributed by atoms with Gasteiger partial charge in [-0.3, -0.25) is 0 Å². The van der Waals surface area contributed by atoms with Gasteiger partial charge in [0.05, 0.1) is 24.9 Å². The number of morpholine rings is 1. The number of carbonyl (C=O) groups is 1. The van der Waals surface area contributed by atoms with Gasteiger partial charge in [0, 0.05) is 36.2 Å². The topological polar surface area (TPSA) is 114 Å². The minimum Gasteiger partial charge on any atom is -0.377 e. The van der Waals surface area contributed by atoms with Crippen LogP contribution >= 0.6 is 0 Å². The summed E-state index contributed by atoms with van der Waals surface area (Å²) in [6.07, 6.45) is 2.41. The first-order valence-electron chi connectivity index (χ1n) is 11.2. The highest BCUT2D eigenvalue weighted by Gasteiger charge is 2.55. The fraction of sp³-hybridized carbons (Fsp3) is 0.522. The summed E-state index contributed by atoms with van der Waals surface area (Å²) in [7, 11) is -3.32. The lowest BCUT2D eigenvalue weighted by molar-refractivity contribution is 0.0985. The molecular weight excluding hydrogens is 442 g/mol. The van der Waals surface area contributed by atoms with Gasteiger partial charge in [-0.25, -0.2) is 23.2 Å². The zero-order valence-electron chi connectivity index (χ0n) is 19.5. The summed E-state index contributed by atoms with van der Waals surface area (Å²) in [5.74, 6) is 1.17. The molecule has 1 aromatic carbocycles. The molecule has 1 atom stereocenters. The molecule has 2 aliphatic rings. The number of hydrogen-bond donors (Lipinski definition) is 2. The average Bonchev–Trinajstić information content (AvgIpc) is 3.56. The number of sulfone groups is 1. The van der Waals surface area contributed by atoms with Gasteiger partial charge in [-0.15, -0.1) is 0 Å². The molecule has 1 aromatic heterocycles. The molecule has 2 amide bonds. The van der Waals surface area contributed by atoms with E-state index in [9.17, 15) is 13.2 Å². The zero-order valence-corrected chi connectivity index (χ0v) is 20.3. The Balaban J connectivity index is 1.69. The lowest BCUT2D eigenvalue weighted by Crippen LogP contribution is -2.44. The number of amides is 2. The summed E-state index contributed by atoms with van der Waals surface area (Å²) in [5, 5.41) is 5.58. The van der Waals surface area contributed by atoms with Gasteiger partial charge >= 0.3 is 6.03 Å². The highest BCUT2D eigenvalue weighted by molar-refractivity contribution is 7.91. The van der Waals surface area contributed by atoms with Crippen LogP contribution in [0.4, 0.5) is 16.3 Å². The Hall–Kier alpha value is -2.72. The van der Waals surface area contributed by atoms with E-state index in [-0.39, 0.29) is 18.1 Å². The van der Waals surface area contributed by atoms with Crippen LogP contribution < -0.4 is 15.5 Å². The highest BCUT2D eigenvalue weighted by Crippen LogP contribution is 2.52. The molecule has 0 radical (unpaired) electrons. The first-order chi connectivity index (χ1) is 15.6. The molecule has 2 aromatic rings. The largest absolute Gasteiger partial charge is 0.377 e. The van der Waals surface area contributed by atoms with E-state index in [4.69, 9.17) is 14.7 Å². The van der Waals surface area contributed by atoms with Crippen molar-refractivity contribution in [1.29, 1.82) is 0 Å². The molecular formula is C23H31N5O4S. The first-order valence-corrected chi connectivity index (χ1v) is 13.1. The van der Waals surface area contributed by atoms with Crippen LogP contribution in [0.5, 0.6) is 0 Å². The van der Waals surface area contributed by atoms with E-state index < -0.39 is 14.6 Å². The molecule has 0 bridgehead atoms. The summed E-state index contributed by atoms with van der Waals surface area (Å²) in [6.45, 7) is 7.70. The minimum absolute atomic E-state index is 0.0333. The number of rotatable bonds is 6. The number of aromatic nitrogens is 2. The van der Waals surface area contributed by atoms with E-state index in [0.717, 1.165) is 5.56 Å². The molecule has 178 valence electrons. The van der Waals surface area contributed by atoms with Gasteiger partial charge in [-0.05, 0) is 57.9 Å². The smallest absolute Gasteiger partial charge is 0.319 e. The predicted molar refractivity (Wildman–Crippen MR) is 128 cm³/mol. The maximum absolute atomic E-state index is 12.6. The van der Waals surface area contributed by atoms with Gasteiger partial charge in [-0.2, -0.15) is 0 Å². The molecule has 1 saturated heterocycles. The zero-order chi connectivity index (χ0) is 23.8. The molecule has 1 aliphatic heterocycles. The number of nitrogens with zero attached hydrogens (tertiary/aromatic N) is 3. The standard InChI is InChI=1S/C23H31N5O4S/c1-15(2)24-22(29)25-18-7-5-17(6-8-18)21-26-19(23(9-10-23)33(4,30)31)13-20(27-21)28-11-12-32-14-16(28)3/h5-8,13,15-16H,9-12,14H2,1-4H3,(H2,24,25,29)/t16-/m0/s1. The Bertz CT molecular complexity index is 1130. The fourth-order valence-electron chi connectivity index (χ4n) is 4.07. The van der Waals surface area contributed by atoms with Crippen LogP contribution in [0.25, 0.3) is 11.4 Å². The molecule has 2 fully saturated rings. The van der Waals surface area contributed by atoms with Gasteiger partial charge in [0.1, 0.15) is 10.6 Å². The monoisotopic (exact) mass is 473 g/mol. The number of nitrogens with one attached hydrogen (secondary N) is 2. The maximum atomic E-state index is 12.6. The first kappa shape index (κ1) is 23.4. The lowest BCUT2D eigenvalue weighted by atomic mass is 10.1. The highest BCUT2D eigenvalue weighted by atomic mass is 32.2. The van der Waals surface area contributed by atoms with E-state index in [2.05, 4.69) is 22.5 Å². The van der Waals surface area contributed by atoms with Crippen molar-refractivity contribution in [3.05, 3.63) is 36.0 Å². The van der Waals surface area contributed by atoms with Crippen LogP contribution in [0.2, 0.25) is 0 Å². The third-order valence-electron chi connectivity index (χ3n) is 6.08. The maximum Gasteiger partial charge on any atom is 0.319 e. The third kappa shape index (κ3) is 4.96. The van der Waals surface area contributed by atoms with Gasteiger partial charge < -0.3 is 20.3 Å². The number of anilines is 2. The number of urea groups is 1. The quantitative estimate of drug-likeness (QED) is 0.663. The second kappa shape index (κ2) is 8.90. The molecule has 33 heavy (non-hydrogen) atoms. The molecule has 10 heteroatoms. The van der Waals surface area contributed by atoms with Crippen molar-refractivity contribution in [3.63, 3.8) is 0 Å². The van der Waals surface area contributed by atoms with Crippen LogP contribution in [0.1, 0.15) is 39.3 Å². The van der Waals surface area contributed by atoms with Crippen molar-refractivity contribution >= 4 is 27.4 Å². The number of carbonyl (C=O) groups excluding carboxylic acids is 1. The van der Waals surface area contributed by atoms with Crippen molar-refractivity contribution in [2.45, 2.75) is 50.4 Å². The number of ether oxygens (including phenoxy) is 1. The van der Waals surface area contributed by atoms with Crippen LogP contribution in [0.15, 0.2) is 30.3 Å². The SMILES string of the molecule is CC(C)NC(=O)Nc1ccc(-c2nc(N3CCOC[C@@H]3C)cc(C3(S(C)(=O)=O)CC3)n2)cc1. The summed E-state index contributed by atoms with van der Waals surface area (Å²) < 4.78 is 29.8. The van der Waals surface area contributed by atoms with Crippen molar-refractivity contribution in [2.24, 2.45) is 0 Å². The number of benzene rings is 1. The molecule has 2 heterocycles. The van der Waals surface area contributed by atoms with E-state index in [0.29, 0.717) is 55.6 Å². The minimum atomic E-state index is -3.32.